The number of hydrogen-bond donors (Lipinski definition) is 1. The zero-order valence-electron chi connectivity index (χ0n) is 13.1. The van der Waals surface area contributed by atoms with Crippen molar-refractivity contribution in [3.8, 4) is 6.07 Å². The summed E-state index contributed by atoms with van der Waals surface area (Å²) in [5.41, 5.74) is 1.86. The van der Waals surface area contributed by atoms with E-state index in [1.165, 1.54) is 0 Å². The van der Waals surface area contributed by atoms with Crippen molar-refractivity contribution in [1.82, 2.24) is 0 Å². The molecule has 0 bridgehead atoms. The number of carbonyl (C=O) groups is 2. The molecule has 0 heterocycles. The maximum absolute atomic E-state index is 11.9. The first-order chi connectivity index (χ1) is 11.6. The van der Waals surface area contributed by atoms with E-state index < -0.39 is 11.9 Å². The largest absolute Gasteiger partial charge is 0.452 e. The Balaban J connectivity index is 1.83. The zero-order valence-corrected chi connectivity index (χ0v) is 13.9. The van der Waals surface area contributed by atoms with Gasteiger partial charge in [0.1, 0.15) is 0 Å². The molecule has 0 aliphatic rings. The van der Waals surface area contributed by atoms with Crippen molar-refractivity contribution in [1.29, 1.82) is 5.26 Å². The number of benzene rings is 2. The lowest BCUT2D eigenvalue weighted by Crippen LogP contribution is -2.20. The first kappa shape index (κ1) is 17.6. The second-order valence-electron chi connectivity index (χ2n) is 4.88. The third-order valence-electron chi connectivity index (χ3n) is 3.18. The average Bonchev–Trinajstić information content (AvgIpc) is 2.61. The number of ether oxygens (including phenoxy) is 1. The maximum Gasteiger partial charge on any atom is 0.338 e. The standard InChI is InChI=1S/C18H16N2O3S/c1-24-16-8-4-14(5-9-16)18(22)23-12-17(21)20-15-6-2-13(3-7-15)10-11-19/h2-9H,10,12H2,1H3,(H,20,21). The minimum Gasteiger partial charge on any atom is -0.452 e. The molecule has 2 aromatic rings. The molecular weight excluding hydrogens is 324 g/mol. The van der Waals surface area contributed by atoms with Gasteiger partial charge in [0.05, 0.1) is 18.1 Å². The second kappa shape index (κ2) is 8.75. The SMILES string of the molecule is CSc1ccc(C(=O)OCC(=O)Nc2ccc(CC#N)cc2)cc1. The smallest absolute Gasteiger partial charge is 0.338 e. The van der Waals surface area contributed by atoms with Crippen molar-refractivity contribution in [3.05, 3.63) is 59.7 Å². The van der Waals surface area contributed by atoms with Gasteiger partial charge in [-0.15, -0.1) is 11.8 Å². The Bertz CT molecular complexity index is 749. The summed E-state index contributed by atoms with van der Waals surface area (Å²) in [7, 11) is 0. The molecule has 0 spiro atoms. The fourth-order valence-electron chi connectivity index (χ4n) is 1.94. The van der Waals surface area contributed by atoms with Crippen LogP contribution < -0.4 is 5.32 Å². The lowest BCUT2D eigenvalue weighted by molar-refractivity contribution is -0.119. The highest BCUT2D eigenvalue weighted by Crippen LogP contribution is 2.15. The number of thioether (sulfide) groups is 1. The van der Waals surface area contributed by atoms with Gasteiger partial charge in [-0.25, -0.2) is 4.79 Å². The third-order valence-corrected chi connectivity index (χ3v) is 3.92. The van der Waals surface area contributed by atoms with Crippen LogP contribution in [0.15, 0.2) is 53.4 Å². The third kappa shape index (κ3) is 5.14. The van der Waals surface area contributed by atoms with Crippen molar-refractivity contribution < 1.29 is 14.3 Å². The summed E-state index contributed by atoms with van der Waals surface area (Å²) in [6, 6.07) is 16.0. The molecule has 2 rings (SSSR count). The Morgan fingerprint density at radius 2 is 1.79 bits per heavy atom. The topological polar surface area (TPSA) is 79.2 Å². The van der Waals surface area contributed by atoms with Crippen molar-refractivity contribution in [2.75, 3.05) is 18.2 Å². The van der Waals surface area contributed by atoms with Crippen LogP contribution in [-0.4, -0.2) is 24.7 Å². The molecule has 2 aromatic carbocycles. The van der Waals surface area contributed by atoms with Gasteiger partial charge in [0.2, 0.25) is 0 Å². The van der Waals surface area contributed by atoms with Crippen molar-refractivity contribution in [2.24, 2.45) is 0 Å². The molecule has 0 aliphatic carbocycles. The molecule has 0 atom stereocenters. The van der Waals surface area contributed by atoms with E-state index in [-0.39, 0.29) is 6.61 Å². The molecule has 1 amide bonds. The predicted molar refractivity (Wildman–Crippen MR) is 92.9 cm³/mol. The quantitative estimate of drug-likeness (QED) is 0.645. The van der Waals surface area contributed by atoms with Crippen LogP contribution in [-0.2, 0) is 16.0 Å². The van der Waals surface area contributed by atoms with Gasteiger partial charge >= 0.3 is 5.97 Å². The zero-order chi connectivity index (χ0) is 17.4. The Labute approximate surface area is 144 Å². The molecule has 24 heavy (non-hydrogen) atoms. The van der Waals surface area contributed by atoms with Crippen molar-refractivity contribution >= 4 is 29.3 Å². The first-order valence-corrected chi connectivity index (χ1v) is 8.42. The van der Waals surface area contributed by atoms with Crippen LogP contribution in [0.2, 0.25) is 0 Å². The van der Waals surface area contributed by atoms with Gasteiger partial charge in [-0.3, -0.25) is 4.79 Å². The van der Waals surface area contributed by atoms with E-state index in [0.717, 1.165) is 10.5 Å². The molecule has 1 N–H and O–H groups in total. The fraction of sp³-hybridized carbons (Fsp3) is 0.167. The number of nitrogens with zero attached hydrogens (tertiary/aromatic N) is 1. The van der Waals surface area contributed by atoms with Gasteiger partial charge in [0, 0.05) is 10.6 Å². The monoisotopic (exact) mass is 340 g/mol. The van der Waals surface area contributed by atoms with Crippen LogP contribution in [0.1, 0.15) is 15.9 Å². The summed E-state index contributed by atoms with van der Waals surface area (Å²) in [5, 5.41) is 11.2. The Hall–Kier alpha value is -2.78. The van der Waals surface area contributed by atoms with Crippen LogP contribution in [0.5, 0.6) is 0 Å². The van der Waals surface area contributed by atoms with E-state index in [9.17, 15) is 9.59 Å². The number of nitriles is 1. The van der Waals surface area contributed by atoms with Gasteiger partial charge < -0.3 is 10.1 Å². The fourth-order valence-corrected chi connectivity index (χ4v) is 2.34. The van der Waals surface area contributed by atoms with Gasteiger partial charge in [0.25, 0.3) is 5.91 Å². The van der Waals surface area contributed by atoms with E-state index >= 15 is 0 Å². The van der Waals surface area contributed by atoms with E-state index in [2.05, 4.69) is 11.4 Å². The first-order valence-electron chi connectivity index (χ1n) is 7.19. The van der Waals surface area contributed by atoms with Gasteiger partial charge in [-0.2, -0.15) is 5.26 Å². The lowest BCUT2D eigenvalue weighted by atomic mass is 10.1. The highest BCUT2D eigenvalue weighted by atomic mass is 32.2. The molecule has 0 fully saturated rings. The molecule has 0 saturated carbocycles. The number of carbonyl (C=O) groups excluding carboxylic acids is 2. The molecular formula is C18H16N2O3S. The summed E-state index contributed by atoms with van der Waals surface area (Å²) in [6.07, 6.45) is 2.27. The van der Waals surface area contributed by atoms with Crippen molar-refractivity contribution in [3.63, 3.8) is 0 Å². The molecule has 122 valence electrons. The Kier molecular flexibility index (Phi) is 6.41. The number of rotatable bonds is 6. The summed E-state index contributed by atoms with van der Waals surface area (Å²) < 4.78 is 5.00. The summed E-state index contributed by atoms with van der Waals surface area (Å²) in [4.78, 5) is 24.7. The minimum atomic E-state index is -0.540. The van der Waals surface area contributed by atoms with E-state index in [1.807, 2.05) is 18.4 Å². The van der Waals surface area contributed by atoms with Crippen LogP contribution in [0.25, 0.3) is 0 Å². The highest BCUT2D eigenvalue weighted by molar-refractivity contribution is 7.98. The molecule has 0 saturated heterocycles. The summed E-state index contributed by atoms with van der Waals surface area (Å²) >= 11 is 1.58. The maximum atomic E-state index is 11.9. The predicted octanol–water partition coefficient (Wildman–Crippen LogP) is 3.27. The minimum absolute atomic E-state index is 0.321. The molecule has 0 aromatic heterocycles. The van der Waals surface area contributed by atoms with Crippen LogP contribution in [0.4, 0.5) is 5.69 Å². The van der Waals surface area contributed by atoms with Gasteiger partial charge in [-0.1, -0.05) is 12.1 Å². The van der Waals surface area contributed by atoms with E-state index in [4.69, 9.17) is 10.00 Å². The summed E-state index contributed by atoms with van der Waals surface area (Å²) in [6.45, 7) is -0.358. The number of amides is 1. The second-order valence-corrected chi connectivity index (χ2v) is 5.76. The highest BCUT2D eigenvalue weighted by Gasteiger charge is 2.10. The average molecular weight is 340 g/mol. The molecule has 0 aliphatic heterocycles. The number of hydrogen-bond acceptors (Lipinski definition) is 5. The summed E-state index contributed by atoms with van der Waals surface area (Å²) in [5.74, 6) is -0.959. The molecule has 0 unspecified atom stereocenters. The number of esters is 1. The molecule has 6 heteroatoms. The van der Waals surface area contributed by atoms with Crippen LogP contribution in [0.3, 0.4) is 0 Å². The van der Waals surface area contributed by atoms with Gasteiger partial charge in [-0.05, 0) is 48.2 Å². The van der Waals surface area contributed by atoms with Gasteiger partial charge in [0.15, 0.2) is 6.61 Å². The van der Waals surface area contributed by atoms with Crippen LogP contribution >= 0.6 is 11.8 Å². The van der Waals surface area contributed by atoms with E-state index in [0.29, 0.717) is 17.7 Å². The molecule has 0 radical (unpaired) electrons. The normalized spacial score (nSPS) is 9.83. The number of nitrogens with one attached hydrogen (secondary N) is 1. The lowest BCUT2D eigenvalue weighted by Gasteiger charge is -2.07. The van der Waals surface area contributed by atoms with Crippen LogP contribution in [0, 0.1) is 11.3 Å². The Morgan fingerprint density at radius 1 is 1.12 bits per heavy atom. The van der Waals surface area contributed by atoms with Crippen molar-refractivity contribution in [2.45, 2.75) is 11.3 Å². The number of anilines is 1. The molecule has 5 nitrogen and oxygen atoms in total. The van der Waals surface area contributed by atoms with E-state index in [1.54, 1.807) is 48.2 Å². The Morgan fingerprint density at radius 3 is 2.38 bits per heavy atom.